The highest BCUT2D eigenvalue weighted by Gasteiger charge is 2.08. The summed E-state index contributed by atoms with van der Waals surface area (Å²) in [6, 6.07) is 16.9. The topological polar surface area (TPSA) is 92.9 Å². The summed E-state index contributed by atoms with van der Waals surface area (Å²) in [6.07, 6.45) is 1.71. The van der Waals surface area contributed by atoms with Gasteiger partial charge in [-0.1, -0.05) is 42.5 Å². The number of aliphatic hydroxyl groups excluding tert-OH is 1. The van der Waals surface area contributed by atoms with Gasteiger partial charge in [-0.2, -0.15) is 0 Å². The van der Waals surface area contributed by atoms with Crippen LogP contribution in [-0.4, -0.2) is 37.8 Å². The molecule has 128 valence electrons. The Morgan fingerprint density at radius 3 is 2.56 bits per heavy atom. The number of carbonyl (C=O) groups is 1. The highest BCUT2D eigenvalue weighted by molar-refractivity contribution is 5.78. The zero-order valence-electron chi connectivity index (χ0n) is 13.6. The molecule has 3 aromatic rings. The van der Waals surface area contributed by atoms with Gasteiger partial charge in [-0.3, -0.25) is 4.79 Å². The van der Waals surface area contributed by atoms with Crippen molar-refractivity contribution in [3.8, 4) is 5.69 Å². The fourth-order valence-corrected chi connectivity index (χ4v) is 2.48. The SMILES string of the molecule is O=C(Cc1ccc(-n2cnnn2)cc1)NCCC(O)c1ccccc1. The van der Waals surface area contributed by atoms with Crippen molar-refractivity contribution in [3.63, 3.8) is 0 Å². The molecular weight excluding hydrogens is 318 g/mol. The van der Waals surface area contributed by atoms with Gasteiger partial charge >= 0.3 is 0 Å². The van der Waals surface area contributed by atoms with Crippen molar-refractivity contribution in [2.75, 3.05) is 6.54 Å². The number of nitrogens with zero attached hydrogens (tertiary/aromatic N) is 4. The van der Waals surface area contributed by atoms with Crippen LogP contribution in [0.2, 0.25) is 0 Å². The van der Waals surface area contributed by atoms with E-state index < -0.39 is 6.10 Å². The summed E-state index contributed by atoms with van der Waals surface area (Å²) in [6.45, 7) is 0.428. The number of nitrogens with one attached hydrogen (secondary N) is 1. The maximum atomic E-state index is 12.0. The minimum atomic E-state index is -0.572. The minimum Gasteiger partial charge on any atom is -0.388 e. The lowest BCUT2D eigenvalue weighted by Crippen LogP contribution is -2.27. The summed E-state index contributed by atoms with van der Waals surface area (Å²) in [5.41, 5.74) is 2.59. The van der Waals surface area contributed by atoms with Gasteiger partial charge in [-0.05, 0) is 40.1 Å². The van der Waals surface area contributed by atoms with E-state index in [1.807, 2.05) is 54.6 Å². The maximum absolute atomic E-state index is 12.0. The second kappa shape index (κ2) is 8.16. The predicted octanol–water partition coefficient (Wildman–Crippen LogP) is 1.44. The van der Waals surface area contributed by atoms with Crippen LogP contribution in [0.25, 0.3) is 5.69 Å². The Morgan fingerprint density at radius 2 is 1.88 bits per heavy atom. The molecule has 0 aliphatic rings. The molecule has 0 bridgehead atoms. The fourth-order valence-electron chi connectivity index (χ4n) is 2.48. The normalized spacial score (nSPS) is 11.9. The first kappa shape index (κ1) is 16.8. The predicted molar refractivity (Wildman–Crippen MR) is 91.9 cm³/mol. The third-order valence-corrected chi connectivity index (χ3v) is 3.84. The number of aromatic nitrogens is 4. The first-order valence-corrected chi connectivity index (χ1v) is 8.04. The van der Waals surface area contributed by atoms with E-state index >= 15 is 0 Å². The third kappa shape index (κ3) is 4.71. The number of hydrogen-bond acceptors (Lipinski definition) is 5. The van der Waals surface area contributed by atoms with E-state index in [4.69, 9.17) is 0 Å². The molecule has 7 nitrogen and oxygen atoms in total. The fraction of sp³-hybridized carbons (Fsp3) is 0.222. The molecule has 0 fully saturated rings. The zero-order valence-corrected chi connectivity index (χ0v) is 13.6. The van der Waals surface area contributed by atoms with Crippen LogP contribution < -0.4 is 5.32 Å². The summed E-state index contributed by atoms with van der Waals surface area (Å²) in [7, 11) is 0. The van der Waals surface area contributed by atoms with E-state index in [1.165, 1.54) is 6.33 Å². The molecule has 2 aromatic carbocycles. The Bertz CT molecular complexity index is 788. The lowest BCUT2D eigenvalue weighted by Gasteiger charge is -2.11. The number of hydrogen-bond donors (Lipinski definition) is 2. The van der Waals surface area contributed by atoms with Crippen LogP contribution in [0.15, 0.2) is 60.9 Å². The monoisotopic (exact) mass is 337 g/mol. The van der Waals surface area contributed by atoms with Gasteiger partial charge < -0.3 is 10.4 Å². The molecular formula is C18H19N5O2. The van der Waals surface area contributed by atoms with Crippen molar-refractivity contribution >= 4 is 5.91 Å². The van der Waals surface area contributed by atoms with Crippen molar-refractivity contribution in [1.82, 2.24) is 25.5 Å². The number of amides is 1. The van der Waals surface area contributed by atoms with Gasteiger partial charge in [-0.15, -0.1) is 5.10 Å². The average molecular weight is 337 g/mol. The molecule has 0 saturated carbocycles. The molecule has 0 aliphatic carbocycles. The molecule has 1 amide bonds. The van der Waals surface area contributed by atoms with E-state index in [-0.39, 0.29) is 12.3 Å². The lowest BCUT2D eigenvalue weighted by atomic mass is 10.1. The summed E-state index contributed by atoms with van der Waals surface area (Å²) in [5, 5.41) is 23.9. The van der Waals surface area contributed by atoms with Gasteiger partial charge in [0.05, 0.1) is 18.2 Å². The van der Waals surface area contributed by atoms with Crippen LogP contribution >= 0.6 is 0 Å². The van der Waals surface area contributed by atoms with Crippen molar-refractivity contribution in [2.45, 2.75) is 18.9 Å². The molecule has 1 heterocycles. The second-order valence-electron chi connectivity index (χ2n) is 5.66. The molecule has 1 atom stereocenters. The number of carbonyl (C=O) groups excluding carboxylic acids is 1. The van der Waals surface area contributed by atoms with E-state index in [2.05, 4.69) is 20.8 Å². The van der Waals surface area contributed by atoms with Crippen LogP contribution in [0, 0.1) is 0 Å². The Balaban J connectivity index is 1.45. The molecule has 1 unspecified atom stereocenters. The minimum absolute atomic E-state index is 0.0737. The van der Waals surface area contributed by atoms with Crippen molar-refractivity contribution in [1.29, 1.82) is 0 Å². The van der Waals surface area contributed by atoms with E-state index in [0.717, 1.165) is 16.8 Å². The summed E-state index contributed by atoms with van der Waals surface area (Å²) in [5.74, 6) is -0.0737. The second-order valence-corrected chi connectivity index (χ2v) is 5.66. The van der Waals surface area contributed by atoms with Crippen molar-refractivity contribution in [3.05, 3.63) is 72.1 Å². The molecule has 7 heteroatoms. The van der Waals surface area contributed by atoms with Gasteiger partial charge in [0.15, 0.2) is 0 Å². The van der Waals surface area contributed by atoms with Crippen LogP contribution in [0.5, 0.6) is 0 Å². The summed E-state index contributed by atoms with van der Waals surface area (Å²) in [4.78, 5) is 12.0. The highest BCUT2D eigenvalue weighted by Crippen LogP contribution is 2.15. The zero-order chi connectivity index (χ0) is 17.5. The molecule has 0 radical (unpaired) electrons. The van der Waals surface area contributed by atoms with Gasteiger partial charge in [0, 0.05) is 6.54 Å². The van der Waals surface area contributed by atoms with Crippen molar-refractivity contribution in [2.24, 2.45) is 0 Å². The van der Waals surface area contributed by atoms with Crippen molar-refractivity contribution < 1.29 is 9.90 Å². The first-order valence-electron chi connectivity index (χ1n) is 8.04. The Hall–Kier alpha value is -3.06. The van der Waals surface area contributed by atoms with Crippen LogP contribution in [-0.2, 0) is 11.2 Å². The summed E-state index contributed by atoms with van der Waals surface area (Å²) < 4.78 is 1.55. The molecule has 0 spiro atoms. The number of aliphatic hydroxyl groups is 1. The first-order chi connectivity index (χ1) is 12.2. The number of rotatable bonds is 7. The highest BCUT2D eigenvalue weighted by atomic mass is 16.3. The van der Waals surface area contributed by atoms with Gasteiger partial charge in [0.2, 0.25) is 5.91 Å². The van der Waals surface area contributed by atoms with Crippen LogP contribution in [0.1, 0.15) is 23.7 Å². The van der Waals surface area contributed by atoms with Gasteiger partial charge in [-0.25, -0.2) is 4.68 Å². The third-order valence-electron chi connectivity index (χ3n) is 3.84. The molecule has 0 aliphatic heterocycles. The number of tetrazole rings is 1. The Kier molecular flexibility index (Phi) is 5.48. The standard InChI is InChI=1S/C18H19N5O2/c24-17(15-4-2-1-3-5-15)10-11-19-18(25)12-14-6-8-16(9-7-14)23-13-20-21-22-23/h1-9,13,17,24H,10-12H2,(H,19,25). The Morgan fingerprint density at radius 1 is 1.12 bits per heavy atom. The molecule has 0 saturated heterocycles. The van der Waals surface area contributed by atoms with Crippen LogP contribution in [0.3, 0.4) is 0 Å². The lowest BCUT2D eigenvalue weighted by molar-refractivity contribution is -0.120. The van der Waals surface area contributed by atoms with E-state index in [1.54, 1.807) is 4.68 Å². The summed E-state index contributed by atoms with van der Waals surface area (Å²) >= 11 is 0. The molecule has 25 heavy (non-hydrogen) atoms. The van der Waals surface area contributed by atoms with Gasteiger partial charge in [0.25, 0.3) is 0 Å². The van der Waals surface area contributed by atoms with E-state index in [0.29, 0.717) is 13.0 Å². The molecule has 3 rings (SSSR count). The van der Waals surface area contributed by atoms with Crippen LogP contribution in [0.4, 0.5) is 0 Å². The van der Waals surface area contributed by atoms with Gasteiger partial charge in [0.1, 0.15) is 6.33 Å². The Labute approximate surface area is 145 Å². The smallest absolute Gasteiger partial charge is 0.224 e. The molecule has 2 N–H and O–H groups in total. The number of benzene rings is 2. The average Bonchev–Trinajstić information content (AvgIpc) is 3.18. The van der Waals surface area contributed by atoms with E-state index in [9.17, 15) is 9.90 Å². The largest absolute Gasteiger partial charge is 0.388 e. The molecule has 1 aromatic heterocycles. The maximum Gasteiger partial charge on any atom is 0.224 e. The quantitative estimate of drug-likeness (QED) is 0.680.